The lowest BCUT2D eigenvalue weighted by Gasteiger charge is -2.36. The van der Waals surface area contributed by atoms with Crippen LogP contribution >= 0.6 is 0 Å². The third-order valence-corrected chi connectivity index (χ3v) is 6.36. The van der Waals surface area contributed by atoms with E-state index in [0.717, 1.165) is 29.9 Å². The van der Waals surface area contributed by atoms with Crippen LogP contribution in [0.4, 0.5) is 15.9 Å². The number of pyridine rings is 1. The molecular formula is C23H24FN7O. The van der Waals surface area contributed by atoms with Gasteiger partial charge >= 0.3 is 0 Å². The van der Waals surface area contributed by atoms with E-state index in [-0.39, 0.29) is 17.7 Å². The van der Waals surface area contributed by atoms with Gasteiger partial charge in [0.1, 0.15) is 11.6 Å². The molecule has 0 bridgehead atoms. The largest absolute Gasteiger partial charge is 0.371 e. The summed E-state index contributed by atoms with van der Waals surface area (Å²) in [6.07, 6.45) is 6.63. The maximum atomic E-state index is 14.5. The number of halogens is 1. The SMILES string of the molecule is CC(=O)C1CCN(c2cc(F)nc(N3CCc4nc(-c5ncccn5)ncc4C3C)c2)C1. The van der Waals surface area contributed by atoms with Gasteiger partial charge < -0.3 is 9.80 Å². The molecule has 2 aliphatic rings. The van der Waals surface area contributed by atoms with Gasteiger partial charge in [0.05, 0.1) is 11.7 Å². The number of rotatable bonds is 4. The highest BCUT2D eigenvalue weighted by Crippen LogP contribution is 2.34. The highest BCUT2D eigenvalue weighted by atomic mass is 19.1. The van der Waals surface area contributed by atoms with Crippen LogP contribution in [-0.2, 0) is 11.2 Å². The Kier molecular flexibility index (Phi) is 5.24. The fraction of sp³-hybridized carbons (Fsp3) is 0.391. The maximum Gasteiger partial charge on any atom is 0.216 e. The van der Waals surface area contributed by atoms with Gasteiger partial charge in [0.2, 0.25) is 5.95 Å². The number of carbonyl (C=O) groups is 1. The Morgan fingerprint density at radius 2 is 1.91 bits per heavy atom. The molecule has 164 valence electrons. The number of Topliss-reactive ketones (excluding diaryl/α,β-unsaturated/α-hetero) is 1. The van der Waals surface area contributed by atoms with Crippen molar-refractivity contribution in [2.75, 3.05) is 29.4 Å². The molecule has 3 aromatic rings. The number of ketones is 1. The molecular weight excluding hydrogens is 409 g/mol. The number of anilines is 2. The normalized spacial score (nSPS) is 20.3. The lowest BCUT2D eigenvalue weighted by Crippen LogP contribution is -2.35. The Morgan fingerprint density at radius 3 is 2.66 bits per heavy atom. The van der Waals surface area contributed by atoms with Crippen molar-refractivity contribution < 1.29 is 9.18 Å². The van der Waals surface area contributed by atoms with E-state index in [4.69, 9.17) is 0 Å². The zero-order chi connectivity index (χ0) is 22.2. The lowest BCUT2D eigenvalue weighted by atomic mass is 9.99. The molecule has 0 aliphatic carbocycles. The van der Waals surface area contributed by atoms with Crippen LogP contribution in [0.1, 0.15) is 37.6 Å². The first-order valence-electron chi connectivity index (χ1n) is 10.8. The lowest BCUT2D eigenvalue weighted by molar-refractivity contribution is -0.120. The molecule has 0 N–H and O–H groups in total. The van der Waals surface area contributed by atoms with Crippen LogP contribution in [0.2, 0.25) is 0 Å². The van der Waals surface area contributed by atoms with E-state index in [1.54, 1.807) is 25.4 Å². The van der Waals surface area contributed by atoms with Crippen LogP contribution < -0.4 is 9.80 Å². The summed E-state index contributed by atoms with van der Waals surface area (Å²) in [5.41, 5.74) is 2.70. The number of carbonyl (C=O) groups excluding carboxylic acids is 1. The van der Waals surface area contributed by atoms with E-state index < -0.39 is 5.95 Å². The van der Waals surface area contributed by atoms with Gasteiger partial charge in [-0.2, -0.15) is 4.39 Å². The molecule has 2 aliphatic heterocycles. The average molecular weight is 433 g/mol. The van der Waals surface area contributed by atoms with E-state index >= 15 is 0 Å². The molecule has 0 spiro atoms. The molecule has 1 saturated heterocycles. The van der Waals surface area contributed by atoms with Crippen molar-refractivity contribution in [2.24, 2.45) is 5.92 Å². The summed E-state index contributed by atoms with van der Waals surface area (Å²) in [5.74, 6) is 1.26. The fourth-order valence-electron chi connectivity index (χ4n) is 4.53. The number of hydrogen-bond acceptors (Lipinski definition) is 8. The zero-order valence-corrected chi connectivity index (χ0v) is 18.1. The van der Waals surface area contributed by atoms with Gasteiger partial charge in [0.15, 0.2) is 11.6 Å². The molecule has 5 rings (SSSR count). The van der Waals surface area contributed by atoms with Crippen molar-refractivity contribution in [3.63, 3.8) is 0 Å². The second kappa shape index (κ2) is 8.22. The third kappa shape index (κ3) is 3.79. The van der Waals surface area contributed by atoms with Crippen LogP contribution in [0, 0.1) is 11.9 Å². The van der Waals surface area contributed by atoms with Gasteiger partial charge in [-0.25, -0.2) is 24.9 Å². The topological polar surface area (TPSA) is 88.0 Å². The van der Waals surface area contributed by atoms with Crippen molar-refractivity contribution in [1.29, 1.82) is 0 Å². The smallest absolute Gasteiger partial charge is 0.216 e. The van der Waals surface area contributed by atoms with Crippen molar-refractivity contribution in [3.05, 3.63) is 54.0 Å². The molecule has 0 saturated carbocycles. The van der Waals surface area contributed by atoms with Gasteiger partial charge in [-0.15, -0.1) is 0 Å². The fourth-order valence-corrected chi connectivity index (χ4v) is 4.53. The Labute approximate surface area is 185 Å². The minimum Gasteiger partial charge on any atom is -0.371 e. The Bertz CT molecular complexity index is 1160. The van der Waals surface area contributed by atoms with E-state index in [2.05, 4.69) is 34.7 Å². The minimum absolute atomic E-state index is 0.00963. The van der Waals surface area contributed by atoms with Crippen molar-refractivity contribution in [3.8, 4) is 11.6 Å². The van der Waals surface area contributed by atoms with Crippen LogP contribution in [0.15, 0.2) is 36.8 Å². The molecule has 2 atom stereocenters. The second-order valence-corrected chi connectivity index (χ2v) is 8.34. The molecule has 0 amide bonds. The summed E-state index contributed by atoms with van der Waals surface area (Å²) < 4.78 is 14.5. The van der Waals surface area contributed by atoms with Gasteiger partial charge in [0, 0.05) is 73.9 Å². The Hall–Kier alpha value is -3.49. The molecule has 32 heavy (non-hydrogen) atoms. The monoisotopic (exact) mass is 433 g/mol. The second-order valence-electron chi connectivity index (χ2n) is 8.34. The molecule has 3 aromatic heterocycles. The van der Waals surface area contributed by atoms with Crippen molar-refractivity contribution >= 4 is 17.3 Å². The molecule has 9 heteroatoms. The summed E-state index contributed by atoms with van der Waals surface area (Å²) in [7, 11) is 0. The van der Waals surface area contributed by atoms with Crippen LogP contribution in [-0.4, -0.2) is 50.3 Å². The first kappa shape index (κ1) is 20.4. The molecule has 1 fully saturated rings. The minimum atomic E-state index is -0.519. The summed E-state index contributed by atoms with van der Waals surface area (Å²) >= 11 is 0. The summed E-state index contributed by atoms with van der Waals surface area (Å²) in [6, 6.07) is 5.06. The molecule has 8 nitrogen and oxygen atoms in total. The average Bonchev–Trinajstić information content (AvgIpc) is 3.30. The number of nitrogens with zero attached hydrogens (tertiary/aromatic N) is 7. The van der Waals surface area contributed by atoms with E-state index in [1.165, 1.54) is 6.07 Å². The van der Waals surface area contributed by atoms with E-state index in [0.29, 0.717) is 37.0 Å². The van der Waals surface area contributed by atoms with E-state index in [9.17, 15) is 9.18 Å². The highest BCUT2D eigenvalue weighted by Gasteiger charge is 2.30. The number of fused-ring (bicyclic) bond motifs is 1. The van der Waals surface area contributed by atoms with Crippen LogP contribution in [0.3, 0.4) is 0 Å². The predicted molar refractivity (Wildman–Crippen MR) is 118 cm³/mol. The standard InChI is InChI=1S/C23H24FN7O/c1-14-18-12-27-23(22-25-6-3-7-26-22)28-19(18)5-9-31(14)21-11-17(10-20(24)29-21)30-8-4-16(13-30)15(2)32/h3,6-7,10-12,14,16H,4-5,8-9,13H2,1-2H3. The van der Waals surface area contributed by atoms with Gasteiger partial charge in [0.25, 0.3) is 0 Å². The van der Waals surface area contributed by atoms with Crippen LogP contribution in [0.5, 0.6) is 0 Å². The predicted octanol–water partition coefficient (Wildman–Crippen LogP) is 3.01. The molecule has 0 aromatic carbocycles. The summed E-state index contributed by atoms with van der Waals surface area (Å²) in [5, 5.41) is 0. The highest BCUT2D eigenvalue weighted by molar-refractivity contribution is 5.79. The molecule has 5 heterocycles. The van der Waals surface area contributed by atoms with Gasteiger partial charge in [-0.05, 0) is 26.3 Å². The number of hydrogen-bond donors (Lipinski definition) is 0. The Balaban J connectivity index is 1.41. The number of aromatic nitrogens is 5. The Morgan fingerprint density at radius 1 is 1.09 bits per heavy atom. The van der Waals surface area contributed by atoms with Crippen LogP contribution in [0.25, 0.3) is 11.6 Å². The maximum absolute atomic E-state index is 14.5. The molecule has 0 radical (unpaired) electrons. The summed E-state index contributed by atoms with van der Waals surface area (Å²) in [4.78, 5) is 37.7. The van der Waals surface area contributed by atoms with Gasteiger partial charge in [-0.3, -0.25) is 4.79 Å². The summed E-state index contributed by atoms with van der Waals surface area (Å²) in [6.45, 7) is 5.69. The third-order valence-electron chi connectivity index (χ3n) is 6.36. The van der Waals surface area contributed by atoms with Gasteiger partial charge in [-0.1, -0.05) is 0 Å². The molecule has 2 unspecified atom stereocenters. The van der Waals surface area contributed by atoms with E-state index in [1.807, 2.05) is 19.2 Å². The first-order valence-corrected chi connectivity index (χ1v) is 10.8. The van der Waals surface area contributed by atoms with Crippen molar-refractivity contribution in [1.82, 2.24) is 24.9 Å². The zero-order valence-electron chi connectivity index (χ0n) is 18.1. The quantitative estimate of drug-likeness (QED) is 0.581. The van der Waals surface area contributed by atoms with Crippen molar-refractivity contribution in [2.45, 2.75) is 32.7 Å². The first-order chi connectivity index (χ1) is 15.5.